The van der Waals surface area contributed by atoms with Crippen LogP contribution < -0.4 is 5.32 Å². The molecule has 1 heterocycles. The fraction of sp³-hybridized carbons (Fsp3) is 0.714. The van der Waals surface area contributed by atoms with Crippen molar-refractivity contribution < 1.29 is 9.53 Å². The van der Waals surface area contributed by atoms with E-state index in [2.05, 4.69) is 31.1 Å². The van der Waals surface area contributed by atoms with Crippen LogP contribution in [0.3, 0.4) is 0 Å². The van der Waals surface area contributed by atoms with E-state index in [4.69, 9.17) is 4.74 Å². The summed E-state index contributed by atoms with van der Waals surface area (Å²) in [6, 6.07) is 0.119. The second-order valence-corrected chi connectivity index (χ2v) is 4.84. The fourth-order valence-corrected chi connectivity index (χ4v) is 1.94. The summed E-state index contributed by atoms with van der Waals surface area (Å²) in [7, 11) is 0. The molecule has 0 spiro atoms. The predicted molar refractivity (Wildman–Crippen MR) is 74.8 cm³/mol. The molecule has 0 amide bonds. The molecule has 1 rings (SSSR count). The van der Waals surface area contributed by atoms with Gasteiger partial charge in [-0.3, -0.25) is 0 Å². The van der Waals surface area contributed by atoms with Crippen molar-refractivity contribution in [2.75, 3.05) is 6.61 Å². The Morgan fingerprint density at radius 2 is 2.21 bits per heavy atom. The molecule has 19 heavy (non-hydrogen) atoms. The molecule has 0 bridgehead atoms. The number of nitrogens with zero attached hydrogens (tertiary/aromatic N) is 2. The highest BCUT2D eigenvalue weighted by molar-refractivity contribution is 5.74. The third-order valence-corrected chi connectivity index (χ3v) is 2.87. The van der Waals surface area contributed by atoms with E-state index in [-0.39, 0.29) is 12.0 Å². The first-order valence-corrected chi connectivity index (χ1v) is 7.01. The Labute approximate surface area is 115 Å². The molecule has 5 nitrogen and oxygen atoms in total. The Morgan fingerprint density at radius 1 is 1.47 bits per heavy atom. The average molecular weight is 267 g/mol. The summed E-state index contributed by atoms with van der Waals surface area (Å²) in [5.41, 5.74) is 0. The first kappa shape index (κ1) is 15.7. The highest BCUT2D eigenvalue weighted by Crippen LogP contribution is 2.18. The smallest absolute Gasteiger partial charge is 0.329 e. The minimum absolute atomic E-state index is 0.173. The molecule has 1 N–H and O–H groups in total. The van der Waals surface area contributed by atoms with Gasteiger partial charge in [0.15, 0.2) is 0 Å². The Morgan fingerprint density at radius 3 is 2.79 bits per heavy atom. The van der Waals surface area contributed by atoms with Crippen LogP contribution in [0.15, 0.2) is 12.4 Å². The van der Waals surface area contributed by atoms with Crippen molar-refractivity contribution >= 4 is 5.97 Å². The van der Waals surface area contributed by atoms with Crippen molar-refractivity contribution in [1.82, 2.24) is 14.9 Å². The van der Waals surface area contributed by atoms with E-state index in [0.717, 1.165) is 18.7 Å². The molecule has 108 valence electrons. The zero-order chi connectivity index (χ0) is 14.3. The number of nitrogens with one attached hydrogen (secondary N) is 1. The van der Waals surface area contributed by atoms with Crippen LogP contribution in [0.25, 0.3) is 0 Å². The largest absolute Gasteiger partial charge is 0.464 e. The maximum atomic E-state index is 12.0. The van der Waals surface area contributed by atoms with E-state index in [0.29, 0.717) is 19.2 Å². The lowest BCUT2D eigenvalue weighted by Gasteiger charge is -2.19. The average Bonchev–Trinajstić information content (AvgIpc) is 2.81. The fourth-order valence-electron chi connectivity index (χ4n) is 1.94. The zero-order valence-corrected chi connectivity index (χ0v) is 12.3. The van der Waals surface area contributed by atoms with Crippen molar-refractivity contribution in [3.63, 3.8) is 0 Å². The van der Waals surface area contributed by atoms with Gasteiger partial charge in [-0.1, -0.05) is 27.2 Å². The Kier molecular flexibility index (Phi) is 6.56. The van der Waals surface area contributed by atoms with Gasteiger partial charge in [0.1, 0.15) is 11.9 Å². The number of esters is 1. The molecule has 1 aromatic heterocycles. The van der Waals surface area contributed by atoms with Crippen molar-refractivity contribution in [2.45, 2.75) is 59.2 Å². The third kappa shape index (κ3) is 4.67. The van der Waals surface area contributed by atoms with Crippen LogP contribution in [-0.2, 0) is 16.1 Å². The first-order valence-electron chi connectivity index (χ1n) is 7.01. The summed E-state index contributed by atoms with van der Waals surface area (Å²) < 4.78 is 7.08. The molecular weight excluding hydrogens is 242 g/mol. The molecule has 0 aliphatic carbocycles. The van der Waals surface area contributed by atoms with Crippen LogP contribution in [-0.4, -0.2) is 28.2 Å². The minimum atomic E-state index is -0.267. The Bertz CT molecular complexity index is 388. The molecule has 1 atom stereocenters. The van der Waals surface area contributed by atoms with E-state index >= 15 is 0 Å². The molecule has 0 saturated heterocycles. The maximum absolute atomic E-state index is 12.0. The van der Waals surface area contributed by atoms with Gasteiger partial charge in [-0.2, -0.15) is 0 Å². The van der Waals surface area contributed by atoms with Crippen LogP contribution in [0, 0.1) is 0 Å². The monoisotopic (exact) mass is 267 g/mol. The van der Waals surface area contributed by atoms with Gasteiger partial charge in [-0.15, -0.1) is 0 Å². The summed E-state index contributed by atoms with van der Waals surface area (Å²) >= 11 is 0. The van der Waals surface area contributed by atoms with Crippen LogP contribution in [0.5, 0.6) is 0 Å². The summed E-state index contributed by atoms with van der Waals surface area (Å²) in [5, 5.41) is 3.32. The lowest BCUT2D eigenvalue weighted by atomic mass is 10.1. The predicted octanol–water partition coefficient (Wildman–Crippen LogP) is 2.29. The lowest BCUT2D eigenvalue weighted by Crippen LogP contribution is -2.28. The van der Waals surface area contributed by atoms with Gasteiger partial charge >= 0.3 is 5.97 Å². The number of hydrogen-bond donors (Lipinski definition) is 1. The molecule has 0 fully saturated rings. The van der Waals surface area contributed by atoms with E-state index in [1.165, 1.54) is 0 Å². The topological polar surface area (TPSA) is 56.2 Å². The number of rotatable bonds is 8. The van der Waals surface area contributed by atoms with Gasteiger partial charge in [0.2, 0.25) is 0 Å². The second kappa shape index (κ2) is 7.94. The normalized spacial score (nSPS) is 12.7. The molecule has 0 aliphatic heterocycles. The molecule has 1 aromatic rings. The van der Waals surface area contributed by atoms with Gasteiger partial charge in [-0.25, -0.2) is 9.78 Å². The summed E-state index contributed by atoms with van der Waals surface area (Å²) in [4.78, 5) is 16.4. The minimum Gasteiger partial charge on any atom is -0.464 e. The Balaban J connectivity index is 2.83. The summed E-state index contributed by atoms with van der Waals surface area (Å²) in [6.45, 7) is 9.13. The number of hydrogen-bond acceptors (Lipinski definition) is 4. The second-order valence-electron chi connectivity index (χ2n) is 4.84. The van der Waals surface area contributed by atoms with Crippen LogP contribution in [0.2, 0.25) is 0 Å². The number of carbonyl (C=O) groups excluding carboxylic acids is 1. The summed E-state index contributed by atoms with van der Waals surface area (Å²) in [6.07, 6.45) is 5.29. The standard InChI is InChI=1S/C14H25N3O2/c1-5-7-12(14(18)19-6-2)17-9-8-15-13(17)10-16-11(3)4/h8-9,11-12,16H,5-7,10H2,1-4H3. The van der Waals surface area contributed by atoms with Crippen LogP contribution in [0.4, 0.5) is 0 Å². The first-order chi connectivity index (χ1) is 9.10. The highest BCUT2D eigenvalue weighted by atomic mass is 16.5. The van der Waals surface area contributed by atoms with Crippen LogP contribution in [0.1, 0.15) is 52.4 Å². The third-order valence-electron chi connectivity index (χ3n) is 2.87. The van der Waals surface area contributed by atoms with Gasteiger partial charge in [0.25, 0.3) is 0 Å². The SMILES string of the molecule is CCCC(C(=O)OCC)n1ccnc1CNC(C)C. The quantitative estimate of drug-likeness (QED) is 0.734. The summed E-state index contributed by atoms with van der Waals surface area (Å²) in [5.74, 6) is 0.702. The Hall–Kier alpha value is -1.36. The molecule has 0 radical (unpaired) electrons. The van der Waals surface area contributed by atoms with Gasteiger partial charge in [0.05, 0.1) is 13.2 Å². The van der Waals surface area contributed by atoms with Crippen molar-refractivity contribution in [3.05, 3.63) is 18.2 Å². The van der Waals surface area contributed by atoms with E-state index < -0.39 is 0 Å². The highest BCUT2D eigenvalue weighted by Gasteiger charge is 2.22. The molecular formula is C14H25N3O2. The van der Waals surface area contributed by atoms with Crippen molar-refractivity contribution in [1.29, 1.82) is 0 Å². The van der Waals surface area contributed by atoms with E-state index in [9.17, 15) is 4.79 Å². The molecule has 0 aliphatic rings. The number of ether oxygens (including phenoxy) is 1. The van der Waals surface area contributed by atoms with Gasteiger partial charge < -0.3 is 14.6 Å². The molecule has 5 heteroatoms. The maximum Gasteiger partial charge on any atom is 0.329 e. The van der Waals surface area contributed by atoms with Crippen molar-refractivity contribution in [2.24, 2.45) is 0 Å². The number of aromatic nitrogens is 2. The molecule has 0 saturated carbocycles. The van der Waals surface area contributed by atoms with E-state index in [1.54, 1.807) is 6.20 Å². The van der Waals surface area contributed by atoms with Crippen molar-refractivity contribution in [3.8, 4) is 0 Å². The molecule has 1 unspecified atom stereocenters. The number of imidazole rings is 1. The lowest BCUT2D eigenvalue weighted by molar-refractivity contribution is -0.147. The van der Waals surface area contributed by atoms with Gasteiger partial charge in [-0.05, 0) is 13.3 Å². The van der Waals surface area contributed by atoms with E-state index in [1.807, 2.05) is 17.7 Å². The van der Waals surface area contributed by atoms with Crippen LogP contribution >= 0.6 is 0 Å². The molecule has 0 aromatic carbocycles. The van der Waals surface area contributed by atoms with Gasteiger partial charge in [0, 0.05) is 18.4 Å². The number of carbonyl (C=O) groups is 1. The zero-order valence-electron chi connectivity index (χ0n) is 12.3.